The zero-order chi connectivity index (χ0) is 12.2. The second-order valence-electron chi connectivity index (χ2n) is 4.51. The van der Waals surface area contributed by atoms with Gasteiger partial charge in [0.1, 0.15) is 9.84 Å². The van der Waals surface area contributed by atoms with Gasteiger partial charge in [0.25, 0.3) is 0 Å². The van der Waals surface area contributed by atoms with Crippen LogP contribution in [0.5, 0.6) is 0 Å². The third-order valence-corrected chi connectivity index (χ3v) is 3.77. The molecule has 6 heteroatoms. The summed E-state index contributed by atoms with van der Waals surface area (Å²) in [7, 11) is -1.32. The molecule has 0 spiro atoms. The first kappa shape index (κ1) is 13.4. The van der Waals surface area contributed by atoms with Gasteiger partial charge in [-0.2, -0.15) is 0 Å². The smallest absolute Gasteiger partial charge is 0.222 e. The van der Waals surface area contributed by atoms with Crippen LogP contribution in [0, 0.1) is 5.92 Å². The van der Waals surface area contributed by atoms with Crippen molar-refractivity contribution >= 4 is 15.7 Å². The number of rotatable bonds is 5. The minimum absolute atomic E-state index is 0.0392. The normalized spacial score (nSPS) is 21.0. The van der Waals surface area contributed by atoms with Crippen LogP contribution in [-0.2, 0) is 14.6 Å². The molecule has 0 bridgehead atoms. The molecular weight excluding hydrogens is 228 g/mol. The van der Waals surface area contributed by atoms with Crippen LogP contribution in [-0.4, -0.2) is 57.9 Å². The van der Waals surface area contributed by atoms with Crippen LogP contribution in [0.15, 0.2) is 0 Å². The number of hydrogen-bond acceptors (Lipinski definition) is 4. The zero-order valence-corrected chi connectivity index (χ0v) is 10.7. The fourth-order valence-corrected chi connectivity index (χ4v) is 2.32. The highest BCUT2D eigenvalue weighted by atomic mass is 32.2. The Morgan fingerprint density at radius 2 is 2.19 bits per heavy atom. The molecular formula is C10H20N2O3S. The number of nitrogens with one attached hydrogen (secondary N) is 1. The van der Waals surface area contributed by atoms with Crippen LogP contribution in [0.4, 0.5) is 0 Å². The molecule has 1 unspecified atom stereocenters. The van der Waals surface area contributed by atoms with E-state index in [2.05, 4.69) is 5.32 Å². The van der Waals surface area contributed by atoms with Crippen molar-refractivity contribution in [1.82, 2.24) is 10.2 Å². The average molecular weight is 248 g/mol. The highest BCUT2D eigenvalue weighted by Gasteiger charge is 2.20. The van der Waals surface area contributed by atoms with Crippen LogP contribution >= 0.6 is 0 Å². The second kappa shape index (κ2) is 5.63. The van der Waals surface area contributed by atoms with Gasteiger partial charge in [0, 0.05) is 26.3 Å². The Kier molecular flexibility index (Phi) is 4.73. The van der Waals surface area contributed by atoms with Crippen molar-refractivity contribution in [3.8, 4) is 0 Å². The van der Waals surface area contributed by atoms with Crippen molar-refractivity contribution in [3.63, 3.8) is 0 Å². The molecule has 1 aliphatic rings. The average Bonchev–Trinajstić information content (AvgIpc) is 2.65. The maximum atomic E-state index is 11.7. The van der Waals surface area contributed by atoms with Gasteiger partial charge in [-0.3, -0.25) is 4.79 Å². The minimum atomic E-state index is -2.99. The molecule has 1 N–H and O–H groups in total. The molecule has 1 amide bonds. The molecule has 0 aromatic carbocycles. The van der Waals surface area contributed by atoms with Crippen molar-refractivity contribution in [2.45, 2.75) is 12.8 Å². The summed E-state index contributed by atoms with van der Waals surface area (Å²) in [5, 5.41) is 3.21. The summed E-state index contributed by atoms with van der Waals surface area (Å²) in [6.07, 6.45) is 2.74. The van der Waals surface area contributed by atoms with E-state index in [0.717, 1.165) is 19.5 Å². The highest BCUT2D eigenvalue weighted by molar-refractivity contribution is 7.90. The lowest BCUT2D eigenvalue weighted by Gasteiger charge is -2.18. The fourth-order valence-electron chi connectivity index (χ4n) is 1.72. The van der Waals surface area contributed by atoms with Gasteiger partial charge < -0.3 is 10.2 Å². The Morgan fingerprint density at radius 1 is 1.50 bits per heavy atom. The molecule has 1 atom stereocenters. The monoisotopic (exact) mass is 248 g/mol. The molecule has 0 saturated carbocycles. The summed E-state index contributed by atoms with van der Waals surface area (Å²) in [4.78, 5) is 13.2. The Balaban J connectivity index is 2.29. The van der Waals surface area contributed by atoms with E-state index in [4.69, 9.17) is 0 Å². The molecule has 94 valence electrons. The lowest BCUT2D eigenvalue weighted by atomic mass is 10.0. The summed E-state index contributed by atoms with van der Waals surface area (Å²) in [5.74, 6) is 0.489. The Morgan fingerprint density at radius 3 is 2.69 bits per heavy atom. The molecule has 1 heterocycles. The van der Waals surface area contributed by atoms with Crippen LogP contribution < -0.4 is 5.32 Å². The van der Waals surface area contributed by atoms with Crippen LogP contribution in [0.2, 0.25) is 0 Å². The van der Waals surface area contributed by atoms with Crippen molar-refractivity contribution in [1.29, 1.82) is 0 Å². The molecule has 0 aromatic rings. The van der Waals surface area contributed by atoms with Crippen molar-refractivity contribution in [3.05, 3.63) is 0 Å². The highest BCUT2D eigenvalue weighted by Crippen LogP contribution is 2.13. The predicted molar refractivity (Wildman–Crippen MR) is 62.9 cm³/mol. The van der Waals surface area contributed by atoms with Crippen molar-refractivity contribution in [2.75, 3.05) is 38.7 Å². The molecule has 0 aromatic heterocycles. The van der Waals surface area contributed by atoms with E-state index in [0.29, 0.717) is 12.3 Å². The lowest BCUT2D eigenvalue weighted by molar-refractivity contribution is -0.130. The van der Waals surface area contributed by atoms with Gasteiger partial charge in [-0.15, -0.1) is 0 Å². The summed E-state index contributed by atoms with van der Waals surface area (Å²) in [6, 6.07) is 0. The van der Waals surface area contributed by atoms with E-state index in [1.807, 2.05) is 0 Å². The molecule has 16 heavy (non-hydrogen) atoms. The van der Waals surface area contributed by atoms with Gasteiger partial charge in [0.2, 0.25) is 5.91 Å². The molecule has 1 saturated heterocycles. The zero-order valence-electron chi connectivity index (χ0n) is 9.90. The first-order chi connectivity index (χ1) is 7.38. The molecule has 1 aliphatic heterocycles. The Hall–Kier alpha value is -0.620. The van der Waals surface area contributed by atoms with E-state index >= 15 is 0 Å². The van der Waals surface area contributed by atoms with Gasteiger partial charge in [0.05, 0.1) is 5.75 Å². The molecule has 0 aliphatic carbocycles. The van der Waals surface area contributed by atoms with Gasteiger partial charge >= 0.3 is 0 Å². The topological polar surface area (TPSA) is 66.5 Å². The molecule has 1 fully saturated rings. The summed E-state index contributed by atoms with van der Waals surface area (Å²) >= 11 is 0. The maximum Gasteiger partial charge on any atom is 0.222 e. The van der Waals surface area contributed by atoms with E-state index in [1.165, 1.54) is 11.2 Å². The summed E-state index contributed by atoms with van der Waals surface area (Å²) in [5.41, 5.74) is 0. The van der Waals surface area contributed by atoms with E-state index in [-0.39, 0.29) is 18.2 Å². The summed E-state index contributed by atoms with van der Waals surface area (Å²) in [6.45, 7) is 2.16. The number of hydrogen-bond donors (Lipinski definition) is 1. The molecule has 1 rings (SSSR count). The quantitative estimate of drug-likeness (QED) is 0.711. The lowest BCUT2D eigenvalue weighted by Crippen LogP contribution is -2.32. The van der Waals surface area contributed by atoms with Crippen LogP contribution in [0.25, 0.3) is 0 Å². The van der Waals surface area contributed by atoms with Gasteiger partial charge in [-0.05, 0) is 25.4 Å². The number of carbonyl (C=O) groups excluding carboxylic acids is 1. The SMILES string of the molecule is CN(CCS(C)(=O)=O)C(=O)CC1CCNC1. The predicted octanol–water partition coefficient (Wildman–Crippen LogP) is -0.511. The standard InChI is InChI=1S/C10H20N2O3S/c1-12(5-6-16(2,14)15)10(13)7-9-3-4-11-8-9/h9,11H,3-8H2,1-2H3. The van der Waals surface area contributed by atoms with E-state index < -0.39 is 9.84 Å². The molecule has 0 radical (unpaired) electrons. The van der Waals surface area contributed by atoms with Crippen molar-refractivity contribution < 1.29 is 13.2 Å². The number of nitrogens with zero attached hydrogens (tertiary/aromatic N) is 1. The second-order valence-corrected chi connectivity index (χ2v) is 6.77. The third-order valence-electron chi connectivity index (χ3n) is 2.85. The Labute approximate surface area is 97.1 Å². The number of carbonyl (C=O) groups is 1. The third kappa shape index (κ3) is 4.94. The fraction of sp³-hybridized carbons (Fsp3) is 0.900. The van der Waals surface area contributed by atoms with Crippen LogP contribution in [0.3, 0.4) is 0 Å². The van der Waals surface area contributed by atoms with Crippen LogP contribution in [0.1, 0.15) is 12.8 Å². The van der Waals surface area contributed by atoms with Gasteiger partial charge in [-0.1, -0.05) is 0 Å². The van der Waals surface area contributed by atoms with Gasteiger partial charge in [-0.25, -0.2) is 8.42 Å². The number of amides is 1. The van der Waals surface area contributed by atoms with E-state index in [1.54, 1.807) is 7.05 Å². The minimum Gasteiger partial charge on any atom is -0.345 e. The first-order valence-corrected chi connectivity index (χ1v) is 7.57. The van der Waals surface area contributed by atoms with E-state index in [9.17, 15) is 13.2 Å². The molecule has 5 nitrogen and oxygen atoms in total. The van der Waals surface area contributed by atoms with Crippen molar-refractivity contribution in [2.24, 2.45) is 5.92 Å². The Bertz CT molecular complexity index is 334. The van der Waals surface area contributed by atoms with Gasteiger partial charge in [0.15, 0.2) is 0 Å². The first-order valence-electron chi connectivity index (χ1n) is 5.51. The largest absolute Gasteiger partial charge is 0.345 e. The maximum absolute atomic E-state index is 11.7. The summed E-state index contributed by atoms with van der Waals surface area (Å²) < 4.78 is 21.9. The number of sulfone groups is 1.